The summed E-state index contributed by atoms with van der Waals surface area (Å²) in [6.45, 7) is 3.17. The standard InChI is InChI=1S/C33H33Cl2N3O4S/c1-23-12-15-28(16-13-23)43(41,42)38(27-11-7-8-24(2)18-27)22-32(39)37(21-26-14-17-29(34)30(35)19-26)31(33(40)36-3)20-25-9-5-4-6-10-25/h4-19,31H,20-22H2,1-3H3,(H,36,40). The minimum Gasteiger partial charge on any atom is -0.357 e. The van der Waals surface area contributed by atoms with Crippen molar-refractivity contribution >= 4 is 50.7 Å². The van der Waals surface area contributed by atoms with Crippen LogP contribution < -0.4 is 9.62 Å². The summed E-state index contributed by atoms with van der Waals surface area (Å²) in [5.74, 6) is -0.950. The number of halogens is 2. The molecule has 43 heavy (non-hydrogen) atoms. The van der Waals surface area contributed by atoms with E-state index in [1.165, 1.54) is 24.1 Å². The molecule has 4 aromatic carbocycles. The number of nitrogens with zero attached hydrogens (tertiary/aromatic N) is 2. The van der Waals surface area contributed by atoms with Crippen LogP contribution >= 0.6 is 23.2 Å². The lowest BCUT2D eigenvalue weighted by atomic mass is 10.0. The van der Waals surface area contributed by atoms with Gasteiger partial charge in [-0.15, -0.1) is 0 Å². The molecule has 224 valence electrons. The lowest BCUT2D eigenvalue weighted by molar-refractivity contribution is -0.139. The highest BCUT2D eigenvalue weighted by molar-refractivity contribution is 7.92. The molecule has 0 heterocycles. The smallest absolute Gasteiger partial charge is 0.264 e. The molecule has 10 heteroatoms. The van der Waals surface area contributed by atoms with Gasteiger partial charge >= 0.3 is 0 Å². The summed E-state index contributed by atoms with van der Waals surface area (Å²) in [7, 11) is -2.66. The number of carbonyl (C=O) groups is 2. The molecule has 7 nitrogen and oxygen atoms in total. The first kappa shape index (κ1) is 32.1. The van der Waals surface area contributed by atoms with Crippen molar-refractivity contribution in [2.45, 2.75) is 37.8 Å². The molecule has 1 atom stereocenters. The summed E-state index contributed by atoms with van der Waals surface area (Å²) < 4.78 is 29.2. The second-order valence-electron chi connectivity index (χ2n) is 10.3. The van der Waals surface area contributed by atoms with Gasteiger partial charge in [0, 0.05) is 20.0 Å². The van der Waals surface area contributed by atoms with Gasteiger partial charge in [-0.05, 0) is 66.9 Å². The molecule has 0 spiro atoms. The Kier molecular flexibility index (Phi) is 10.5. The molecule has 4 rings (SSSR count). The van der Waals surface area contributed by atoms with Crippen molar-refractivity contribution in [3.8, 4) is 0 Å². The number of rotatable bonds is 11. The number of aryl methyl sites for hydroxylation is 2. The van der Waals surface area contributed by atoms with Crippen LogP contribution in [0.15, 0.2) is 102 Å². The molecule has 1 unspecified atom stereocenters. The third-order valence-electron chi connectivity index (χ3n) is 7.03. The molecule has 0 aliphatic rings. The predicted molar refractivity (Wildman–Crippen MR) is 172 cm³/mol. The molecule has 0 aromatic heterocycles. The summed E-state index contributed by atoms with van der Waals surface area (Å²) >= 11 is 12.4. The largest absolute Gasteiger partial charge is 0.357 e. The zero-order valence-corrected chi connectivity index (χ0v) is 26.5. The normalized spacial score (nSPS) is 11.9. The van der Waals surface area contributed by atoms with Crippen LogP contribution in [0.5, 0.6) is 0 Å². The molecule has 4 aromatic rings. The van der Waals surface area contributed by atoms with Crippen molar-refractivity contribution in [2.75, 3.05) is 17.9 Å². The van der Waals surface area contributed by atoms with E-state index in [-0.39, 0.29) is 23.8 Å². The van der Waals surface area contributed by atoms with Gasteiger partial charge in [-0.25, -0.2) is 8.42 Å². The molecule has 0 fully saturated rings. The van der Waals surface area contributed by atoms with Crippen LogP contribution in [0.4, 0.5) is 5.69 Å². The molecular formula is C33H33Cl2N3O4S. The van der Waals surface area contributed by atoms with E-state index in [1.807, 2.05) is 50.2 Å². The Bertz CT molecular complexity index is 1700. The Hall–Kier alpha value is -3.85. The Balaban J connectivity index is 1.80. The number of anilines is 1. The number of hydrogen-bond acceptors (Lipinski definition) is 4. The van der Waals surface area contributed by atoms with E-state index in [0.29, 0.717) is 21.3 Å². The van der Waals surface area contributed by atoms with E-state index in [9.17, 15) is 18.0 Å². The number of benzene rings is 4. The van der Waals surface area contributed by atoms with E-state index in [2.05, 4.69) is 5.32 Å². The molecule has 1 N–H and O–H groups in total. The Morgan fingerprint density at radius 3 is 2.12 bits per heavy atom. The molecule has 0 radical (unpaired) electrons. The van der Waals surface area contributed by atoms with Crippen molar-refractivity contribution < 1.29 is 18.0 Å². The van der Waals surface area contributed by atoms with Crippen molar-refractivity contribution in [3.63, 3.8) is 0 Å². The first-order valence-corrected chi connectivity index (χ1v) is 15.8. The van der Waals surface area contributed by atoms with Gasteiger partial charge in [0.05, 0.1) is 20.6 Å². The quantitative estimate of drug-likeness (QED) is 0.212. The fourth-order valence-corrected chi connectivity index (χ4v) is 6.43. The van der Waals surface area contributed by atoms with Crippen LogP contribution in [0, 0.1) is 13.8 Å². The van der Waals surface area contributed by atoms with Crippen molar-refractivity contribution in [1.29, 1.82) is 0 Å². The van der Waals surface area contributed by atoms with E-state index in [0.717, 1.165) is 21.0 Å². The second kappa shape index (κ2) is 14.1. The zero-order valence-electron chi connectivity index (χ0n) is 24.1. The molecule has 0 aliphatic heterocycles. The summed E-state index contributed by atoms with van der Waals surface area (Å²) in [4.78, 5) is 29.1. The lowest BCUT2D eigenvalue weighted by Crippen LogP contribution is -2.53. The molecule has 0 aliphatic carbocycles. The first-order valence-electron chi connectivity index (χ1n) is 13.6. The summed E-state index contributed by atoms with van der Waals surface area (Å²) in [6.07, 6.45) is 0.211. The number of carbonyl (C=O) groups excluding carboxylic acids is 2. The van der Waals surface area contributed by atoms with Gasteiger partial charge in [0.25, 0.3) is 10.0 Å². The molecule has 2 amide bonds. The topological polar surface area (TPSA) is 86.8 Å². The summed E-state index contributed by atoms with van der Waals surface area (Å²) in [5.41, 5.74) is 3.54. The van der Waals surface area contributed by atoms with Gasteiger partial charge in [-0.3, -0.25) is 13.9 Å². The maximum absolute atomic E-state index is 14.3. The van der Waals surface area contributed by atoms with Gasteiger partial charge in [0.1, 0.15) is 12.6 Å². The zero-order chi connectivity index (χ0) is 31.1. The van der Waals surface area contributed by atoms with Gasteiger partial charge in [0.15, 0.2) is 0 Å². The maximum Gasteiger partial charge on any atom is 0.264 e. The van der Waals surface area contributed by atoms with Crippen molar-refractivity contribution in [3.05, 3.63) is 129 Å². The maximum atomic E-state index is 14.3. The first-order chi connectivity index (χ1) is 20.5. The Morgan fingerprint density at radius 1 is 0.791 bits per heavy atom. The van der Waals surface area contributed by atoms with Crippen LogP contribution in [0.3, 0.4) is 0 Å². The fraction of sp³-hybridized carbons (Fsp3) is 0.212. The van der Waals surface area contributed by atoms with Crippen LogP contribution in [0.25, 0.3) is 0 Å². The van der Waals surface area contributed by atoms with Crippen LogP contribution in [-0.4, -0.2) is 44.8 Å². The summed E-state index contributed by atoms with van der Waals surface area (Å²) in [5, 5.41) is 3.32. The average Bonchev–Trinajstić information content (AvgIpc) is 2.99. The number of nitrogens with one attached hydrogen (secondary N) is 1. The Morgan fingerprint density at radius 2 is 1.49 bits per heavy atom. The van der Waals surface area contributed by atoms with E-state index in [4.69, 9.17) is 23.2 Å². The van der Waals surface area contributed by atoms with Gasteiger partial charge in [-0.1, -0.05) is 89.4 Å². The molecule has 0 saturated heterocycles. The highest BCUT2D eigenvalue weighted by Crippen LogP contribution is 2.27. The Labute approximate surface area is 263 Å². The molecule has 0 saturated carbocycles. The second-order valence-corrected chi connectivity index (χ2v) is 12.9. The third kappa shape index (κ3) is 7.96. The third-order valence-corrected chi connectivity index (χ3v) is 9.56. The minimum absolute atomic E-state index is 0.00706. The van der Waals surface area contributed by atoms with Gasteiger partial charge in [-0.2, -0.15) is 0 Å². The van der Waals surface area contributed by atoms with Crippen LogP contribution in [-0.2, 0) is 32.6 Å². The number of likely N-dealkylation sites (N-methyl/N-ethyl adjacent to an activating group) is 1. The van der Waals surface area contributed by atoms with Crippen LogP contribution in [0.2, 0.25) is 10.0 Å². The van der Waals surface area contributed by atoms with E-state index in [1.54, 1.807) is 48.5 Å². The average molecular weight is 639 g/mol. The lowest BCUT2D eigenvalue weighted by Gasteiger charge is -2.33. The molecule has 0 bridgehead atoms. The number of amides is 2. The summed E-state index contributed by atoms with van der Waals surface area (Å²) in [6, 6.07) is 26.8. The van der Waals surface area contributed by atoms with Crippen molar-refractivity contribution in [1.82, 2.24) is 10.2 Å². The highest BCUT2D eigenvalue weighted by Gasteiger charge is 2.34. The van der Waals surface area contributed by atoms with E-state index >= 15 is 0 Å². The predicted octanol–water partition coefficient (Wildman–Crippen LogP) is 6.19. The minimum atomic E-state index is -4.17. The van der Waals surface area contributed by atoms with Crippen molar-refractivity contribution in [2.24, 2.45) is 0 Å². The van der Waals surface area contributed by atoms with Gasteiger partial charge in [0.2, 0.25) is 11.8 Å². The number of hydrogen-bond donors (Lipinski definition) is 1. The SMILES string of the molecule is CNC(=O)C(Cc1ccccc1)N(Cc1ccc(Cl)c(Cl)c1)C(=O)CN(c1cccc(C)c1)S(=O)(=O)c1ccc(C)cc1. The monoisotopic (exact) mass is 637 g/mol. The molecular weight excluding hydrogens is 605 g/mol. The fourth-order valence-electron chi connectivity index (χ4n) is 4.70. The van der Waals surface area contributed by atoms with E-state index < -0.39 is 28.5 Å². The number of sulfonamides is 1. The van der Waals surface area contributed by atoms with Crippen LogP contribution in [0.1, 0.15) is 22.3 Å². The van der Waals surface area contributed by atoms with Gasteiger partial charge < -0.3 is 10.2 Å². The highest BCUT2D eigenvalue weighted by atomic mass is 35.5.